The van der Waals surface area contributed by atoms with Crippen LogP contribution in [0.5, 0.6) is 5.75 Å². The van der Waals surface area contributed by atoms with Gasteiger partial charge in [-0.15, -0.1) is 12.4 Å². The van der Waals surface area contributed by atoms with Gasteiger partial charge >= 0.3 is 0 Å². The highest BCUT2D eigenvalue weighted by Crippen LogP contribution is 2.34. The van der Waals surface area contributed by atoms with Gasteiger partial charge in [-0.25, -0.2) is 0 Å². The fraction of sp³-hybridized carbons (Fsp3) is 0.429. The molecule has 1 aromatic carbocycles. The third-order valence-corrected chi connectivity index (χ3v) is 3.91. The van der Waals surface area contributed by atoms with Gasteiger partial charge in [-0.1, -0.05) is 41.7 Å². The molecule has 114 valence electrons. The lowest BCUT2D eigenvalue weighted by molar-refractivity contribution is 0.241. The molecule has 7 heteroatoms. The van der Waals surface area contributed by atoms with Crippen LogP contribution in [0.25, 0.3) is 0 Å². The van der Waals surface area contributed by atoms with E-state index >= 15 is 0 Å². The summed E-state index contributed by atoms with van der Waals surface area (Å²) in [5, 5.41) is 4.53. The molecule has 1 aliphatic rings. The molecule has 5 nitrogen and oxygen atoms in total. The minimum absolute atomic E-state index is 0. The molecule has 1 aliphatic carbocycles. The molecule has 1 heterocycles. The number of ether oxygens (including phenoxy) is 1. The van der Waals surface area contributed by atoms with Crippen molar-refractivity contribution in [3.05, 3.63) is 41.0 Å². The molecule has 3 rings (SSSR count). The molecule has 2 N–H and O–H groups in total. The molecule has 0 aliphatic heterocycles. The second-order valence-corrected chi connectivity index (χ2v) is 5.50. The lowest BCUT2D eigenvalue weighted by atomic mass is 9.99. The van der Waals surface area contributed by atoms with Crippen molar-refractivity contribution >= 4 is 24.0 Å². The maximum absolute atomic E-state index is 6.28. The van der Waals surface area contributed by atoms with Crippen molar-refractivity contribution in [3.63, 3.8) is 0 Å². The first kappa shape index (κ1) is 16.1. The maximum atomic E-state index is 6.28. The number of rotatable bonds is 4. The number of hydrogen-bond donors (Lipinski definition) is 1. The summed E-state index contributed by atoms with van der Waals surface area (Å²) >= 11 is 6.01. The topological polar surface area (TPSA) is 74.2 Å². The van der Waals surface area contributed by atoms with Crippen molar-refractivity contribution < 1.29 is 9.26 Å². The van der Waals surface area contributed by atoms with E-state index in [-0.39, 0.29) is 19.0 Å². The van der Waals surface area contributed by atoms with Gasteiger partial charge in [0.05, 0.1) is 10.6 Å². The molecule has 0 unspecified atom stereocenters. The molecule has 0 saturated heterocycles. The summed E-state index contributed by atoms with van der Waals surface area (Å²) in [5.41, 5.74) is 5.84. The van der Waals surface area contributed by atoms with E-state index < -0.39 is 5.54 Å². The Morgan fingerprint density at radius 3 is 2.71 bits per heavy atom. The van der Waals surface area contributed by atoms with Crippen molar-refractivity contribution in [2.24, 2.45) is 5.73 Å². The van der Waals surface area contributed by atoms with Crippen LogP contribution in [-0.4, -0.2) is 10.1 Å². The zero-order chi connectivity index (χ0) is 14.0. The van der Waals surface area contributed by atoms with Crippen LogP contribution in [-0.2, 0) is 12.1 Å². The normalized spacial score (nSPS) is 16.5. The summed E-state index contributed by atoms with van der Waals surface area (Å²) in [4.78, 5) is 4.34. The van der Waals surface area contributed by atoms with E-state index in [0.717, 1.165) is 25.7 Å². The number of aromatic nitrogens is 2. The molecule has 1 fully saturated rings. The first-order chi connectivity index (χ1) is 9.67. The molecule has 21 heavy (non-hydrogen) atoms. The van der Waals surface area contributed by atoms with Crippen LogP contribution < -0.4 is 10.5 Å². The van der Waals surface area contributed by atoms with Crippen molar-refractivity contribution in [2.75, 3.05) is 0 Å². The number of halogens is 2. The summed E-state index contributed by atoms with van der Waals surface area (Å²) in [7, 11) is 0. The molecule has 1 saturated carbocycles. The Labute approximate surface area is 134 Å². The summed E-state index contributed by atoms with van der Waals surface area (Å²) in [5.74, 6) is 1.58. The summed E-state index contributed by atoms with van der Waals surface area (Å²) in [6.07, 6.45) is 4.02. The zero-order valence-corrected chi connectivity index (χ0v) is 13.0. The monoisotopic (exact) mass is 329 g/mol. The predicted molar refractivity (Wildman–Crippen MR) is 81.7 cm³/mol. The highest BCUT2D eigenvalue weighted by molar-refractivity contribution is 6.32. The number of benzene rings is 1. The summed E-state index contributed by atoms with van der Waals surface area (Å²) in [6.45, 7) is 0.187. The lowest BCUT2D eigenvalue weighted by Gasteiger charge is -2.17. The second-order valence-electron chi connectivity index (χ2n) is 5.09. The van der Waals surface area contributed by atoms with Gasteiger partial charge in [0, 0.05) is 0 Å². The Morgan fingerprint density at radius 1 is 1.29 bits per heavy atom. The minimum atomic E-state index is -0.438. The molecule has 1 aromatic heterocycles. The zero-order valence-electron chi connectivity index (χ0n) is 11.4. The van der Waals surface area contributed by atoms with E-state index in [1.807, 2.05) is 12.1 Å². The number of nitrogens with two attached hydrogens (primary N) is 1. The van der Waals surface area contributed by atoms with E-state index in [4.69, 9.17) is 26.6 Å². The lowest BCUT2D eigenvalue weighted by Crippen LogP contribution is -2.34. The van der Waals surface area contributed by atoms with E-state index in [1.165, 1.54) is 0 Å². The predicted octanol–water partition coefficient (Wildman–Crippen LogP) is 3.45. The van der Waals surface area contributed by atoms with Gasteiger partial charge in [0.2, 0.25) is 0 Å². The number of para-hydroxylation sites is 1. The van der Waals surface area contributed by atoms with E-state index in [1.54, 1.807) is 12.1 Å². The number of nitrogens with zero attached hydrogens (tertiary/aromatic N) is 2. The Balaban J connectivity index is 0.00000161. The highest BCUT2D eigenvalue weighted by atomic mass is 35.5. The molecule has 0 atom stereocenters. The molecule has 2 aromatic rings. The van der Waals surface area contributed by atoms with Crippen LogP contribution in [0.4, 0.5) is 0 Å². The first-order valence-corrected chi connectivity index (χ1v) is 7.04. The smallest absolute Gasteiger partial charge is 0.264 e. The van der Waals surface area contributed by atoms with Gasteiger partial charge in [-0.2, -0.15) is 4.98 Å². The van der Waals surface area contributed by atoms with Crippen molar-refractivity contribution in [2.45, 2.75) is 37.8 Å². The van der Waals surface area contributed by atoms with Gasteiger partial charge in [-0.05, 0) is 25.0 Å². The fourth-order valence-corrected chi connectivity index (χ4v) is 2.64. The van der Waals surface area contributed by atoms with Gasteiger partial charge < -0.3 is 15.0 Å². The largest absolute Gasteiger partial charge is 0.482 e. The quantitative estimate of drug-likeness (QED) is 0.929. The van der Waals surface area contributed by atoms with Crippen LogP contribution in [0.2, 0.25) is 5.02 Å². The van der Waals surface area contributed by atoms with Crippen LogP contribution in [0, 0.1) is 0 Å². The third-order valence-electron chi connectivity index (χ3n) is 3.60. The molecular formula is C14H17Cl2N3O2. The molecule has 0 bridgehead atoms. The average Bonchev–Trinajstić information content (AvgIpc) is 3.08. The molecule has 0 radical (unpaired) electrons. The maximum Gasteiger partial charge on any atom is 0.264 e. The Hall–Kier alpha value is -1.30. The van der Waals surface area contributed by atoms with Crippen LogP contribution in [0.3, 0.4) is 0 Å². The van der Waals surface area contributed by atoms with Crippen LogP contribution in [0.1, 0.15) is 37.4 Å². The average molecular weight is 330 g/mol. The molecule has 0 spiro atoms. The molecular weight excluding hydrogens is 313 g/mol. The molecule has 0 amide bonds. The van der Waals surface area contributed by atoms with Crippen molar-refractivity contribution in [3.8, 4) is 5.75 Å². The Bertz CT molecular complexity index is 597. The summed E-state index contributed by atoms with van der Waals surface area (Å²) < 4.78 is 10.8. The Morgan fingerprint density at radius 2 is 2.00 bits per heavy atom. The standard InChI is InChI=1S/C14H16ClN3O2.ClH/c15-10-5-1-2-6-11(10)19-9-12-17-13(18-20-12)14(16)7-3-4-8-14;/h1-2,5-6H,3-4,7-9,16H2;1H. The fourth-order valence-electron chi connectivity index (χ4n) is 2.45. The van der Waals surface area contributed by atoms with Crippen LogP contribution in [0.15, 0.2) is 28.8 Å². The van der Waals surface area contributed by atoms with E-state index in [9.17, 15) is 0 Å². The van der Waals surface area contributed by atoms with Gasteiger partial charge in [0.15, 0.2) is 12.4 Å². The van der Waals surface area contributed by atoms with Crippen molar-refractivity contribution in [1.82, 2.24) is 10.1 Å². The Kier molecular flexibility index (Phi) is 5.08. The van der Waals surface area contributed by atoms with Crippen molar-refractivity contribution in [1.29, 1.82) is 0 Å². The van der Waals surface area contributed by atoms with Gasteiger partial charge in [-0.3, -0.25) is 0 Å². The van der Waals surface area contributed by atoms with E-state index in [0.29, 0.717) is 22.5 Å². The van der Waals surface area contributed by atoms with Gasteiger partial charge in [0.25, 0.3) is 5.89 Å². The SMILES string of the molecule is Cl.NC1(c2noc(COc3ccccc3Cl)n2)CCCC1. The number of hydrogen-bond acceptors (Lipinski definition) is 5. The van der Waals surface area contributed by atoms with Gasteiger partial charge in [0.1, 0.15) is 5.75 Å². The third kappa shape index (κ3) is 3.48. The van der Waals surface area contributed by atoms with Crippen LogP contribution >= 0.6 is 24.0 Å². The van der Waals surface area contributed by atoms with E-state index in [2.05, 4.69) is 10.1 Å². The summed E-state index contributed by atoms with van der Waals surface area (Å²) in [6, 6.07) is 7.26. The first-order valence-electron chi connectivity index (χ1n) is 6.67. The minimum Gasteiger partial charge on any atom is -0.482 e. The highest BCUT2D eigenvalue weighted by Gasteiger charge is 2.35. The second kappa shape index (κ2) is 6.64.